The van der Waals surface area contributed by atoms with Gasteiger partial charge in [0.2, 0.25) is 0 Å². The third kappa shape index (κ3) is 2.42. The van der Waals surface area contributed by atoms with Crippen molar-refractivity contribution in [3.05, 3.63) is 90.4 Å². The molecule has 2 aromatic carbocycles. The number of benzene rings is 2. The lowest BCUT2D eigenvalue weighted by molar-refractivity contribution is 0.804. The predicted molar refractivity (Wildman–Crippen MR) is 95.5 cm³/mol. The second-order valence-electron chi connectivity index (χ2n) is 5.79. The first kappa shape index (κ1) is 13.8. The largest absolute Gasteiger partial charge is 0.339 e. The van der Waals surface area contributed by atoms with E-state index >= 15 is 0 Å². The Labute approximate surface area is 136 Å². The van der Waals surface area contributed by atoms with Crippen LogP contribution in [0.15, 0.2) is 79.1 Å². The van der Waals surface area contributed by atoms with Crippen LogP contribution in [0, 0.1) is 6.92 Å². The topological polar surface area (TPSA) is 17.8 Å². The summed E-state index contributed by atoms with van der Waals surface area (Å²) in [6.45, 7) is 3.06. The smallest absolute Gasteiger partial charge is 0.0678 e. The first-order valence-electron chi connectivity index (χ1n) is 7.87. The normalized spacial score (nSPS) is 11.0. The van der Waals surface area contributed by atoms with Gasteiger partial charge in [-0.15, -0.1) is 0 Å². The van der Waals surface area contributed by atoms with Crippen molar-refractivity contribution in [3.8, 4) is 11.1 Å². The summed E-state index contributed by atoms with van der Waals surface area (Å²) in [7, 11) is 0. The van der Waals surface area contributed by atoms with E-state index in [1.165, 1.54) is 33.3 Å². The van der Waals surface area contributed by atoms with Gasteiger partial charge in [-0.25, -0.2) is 0 Å². The molecule has 0 aliphatic rings. The summed E-state index contributed by atoms with van der Waals surface area (Å²) >= 11 is 0. The lowest BCUT2D eigenvalue weighted by Gasteiger charge is -2.09. The Morgan fingerprint density at radius 2 is 1.57 bits per heavy atom. The zero-order chi connectivity index (χ0) is 15.6. The number of aromatic nitrogens is 2. The maximum Gasteiger partial charge on any atom is 0.0678 e. The first-order chi connectivity index (χ1) is 11.3. The fourth-order valence-corrected chi connectivity index (χ4v) is 3.26. The second-order valence-corrected chi connectivity index (χ2v) is 5.79. The van der Waals surface area contributed by atoms with E-state index < -0.39 is 0 Å². The number of hydrogen-bond donors (Lipinski definition) is 0. The molecule has 0 N–H and O–H groups in total. The van der Waals surface area contributed by atoms with Crippen molar-refractivity contribution in [3.63, 3.8) is 0 Å². The van der Waals surface area contributed by atoms with Crippen LogP contribution in [0.2, 0.25) is 0 Å². The van der Waals surface area contributed by atoms with Gasteiger partial charge in [0.1, 0.15) is 0 Å². The van der Waals surface area contributed by atoms with Gasteiger partial charge in [-0.05, 0) is 24.1 Å². The maximum absolute atomic E-state index is 4.34. The summed E-state index contributed by atoms with van der Waals surface area (Å²) < 4.78 is 2.36. The molecular weight excluding hydrogens is 280 g/mol. The standard InChI is InChI=1S/C21H18N2/c1-16-21(18-10-6-3-7-11-18)19-12-13-22-14-20(19)23(16)15-17-8-4-2-5-9-17/h2-14H,15H2,1H3. The van der Waals surface area contributed by atoms with Crippen molar-refractivity contribution in [1.82, 2.24) is 9.55 Å². The van der Waals surface area contributed by atoms with Crippen LogP contribution in [-0.4, -0.2) is 9.55 Å². The Balaban J connectivity index is 1.94. The Bertz CT molecular complexity index is 938. The second kappa shape index (κ2) is 5.73. The molecule has 0 atom stereocenters. The Hall–Kier alpha value is -2.87. The molecule has 0 saturated heterocycles. The van der Waals surface area contributed by atoms with Crippen molar-refractivity contribution < 1.29 is 0 Å². The van der Waals surface area contributed by atoms with E-state index in [0.717, 1.165) is 6.54 Å². The van der Waals surface area contributed by atoms with Crippen LogP contribution in [0.25, 0.3) is 22.0 Å². The van der Waals surface area contributed by atoms with Crippen LogP contribution in [0.3, 0.4) is 0 Å². The highest BCUT2D eigenvalue weighted by Gasteiger charge is 2.15. The third-order valence-corrected chi connectivity index (χ3v) is 4.37. The molecule has 0 fully saturated rings. The van der Waals surface area contributed by atoms with Crippen molar-refractivity contribution in [2.24, 2.45) is 0 Å². The molecule has 0 aliphatic heterocycles. The molecule has 2 heteroatoms. The van der Waals surface area contributed by atoms with Gasteiger partial charge in [0.05, 0.1) is 11.7 Å². The zero-order valence-electron chi connectivity index (χ0n) is 13.1. The minimum atomic E-state index is 0.863. The summed E-state index contributed by atoms with van der Waals surface area (Å²) in [6, 6.07) is 23.3. The molecule has 112 valence electrons. The lowest BCUT2D eigenvalue weighted by Crippen LogP contribution is -2.01. The highest BCUT2D eigenvalue weighted by Crippen LogP contribution is 2.34. The SMILES string of the molecule is Cc1c(-c2ccccc2)c2ccncc2n1Cc1ccccc1. The summed E-state index contributed by atoms with van der Waals surface area (Å²) in [4.78, 5) is 4.34. The van der Waals surface area contributed by atoms with Gasteiger partial charge >= 0.3 is 0 Å². The molecule has 0 aliphatic carbocycles. The summed E-state index contributed by atoms with van der Waals surface area (Å²) in [5.41, 5.74) is 6.33. The number of hydrogen-bond acceptors (Lipinski definition) is 1. The lowest BCUT2D eigenvalue weighted by atomic mass is 10.0. The van der Waals surface area contributed by atoms with Crippen LogP contribution in [0.5, 0.6) is 0 Å². The van der Waals surface area contributed by atoms with Gasteiger partial charge in [0.25, 0.3) is 0 Å². The molecular formula is C21H18N2. The quantitative estimate of drug-likeness (QED) is 0.517. The summed E-state index contributed by atoms with van der Waals surface area (Å²) in [5.74, 6) is 0. The maximum atomic E-state index is 4.34. The highest BCUT2D eigenvalue weighted by molar-refractivity contribution is 5.97. The molecule has 2 nitrogen and oxygen atoms in total. The molecule has 4 rings (SSSR count). The average Bonchev–Trinajstić information content (AvgIpc) is 2.89. The Morgan fingerprint density at radius 1 is 0.870 bits per heavy atom. The van der Waals surface area contributed by atoms with Gasteiger partial charge in [-0.3, -0.25) is 4.98 Å². The molecule has 0 bridgehead atoms. The van der Waals surface area contributed by atoms with E-state index in [1.54, 1.807) is 0 Å². The average molecular weight is 298 g/mol. The molecule has 0 spiro atoms. The number of pyridine rings is 1. The van der Waals surface area contributed by atoms with Crippen LogP contribution in [-0.2, 0) is 6.54 Å². The minimum absolute atomic E-state index is 0.863. The van der Waals surface area contributed by atoms with Gasteiger partial charge in [-0.1, -0.05) is 60.7 Å². The summed E-state index contributed by atoms with van der Waals surface area (Å²) in [6.07, 6.45) is 3.85. The van der Waals surface area contributed by atoms with E-state index in [2.05, 4.69) is 83.2 Å². The van der Waals surface area contributed by atoms with Crippen molar-refractivity contribution in [2.75, 3.05) is 0 Å². The van der Waals surface area contributed by atoms with Crippen LogP contribution >= 0.6 is 0 Å². The number of fused-ring (bicyclic) bond motifs is 1. The molecule has 0 unspecified atom stereocenters. The Morgan fingerprint density at radius 3 is 2.30 bits per heavy atom. The monoisotopic (exact) mass is 298 g/mol. The third-order valence-electron chi connectivity index (χ3n) is 4.37. The molecule has 2 aromatic heterocycles. The van der Waals surface area contributed by atoms with E-state index in [-0.39, 0.29) is 0 Å². The van der Waals surface area contributed by atoms with E-state index in [1.807, 2.05) is 12.4 Å². The molecule has 2 heterocycles. The van der Waals surface area contributed by atoms with Crippen molar-refractivity contribution in [1.29, 1.82) is 0 Å². The highest BCUT2D eigenvalue weighted by atomic mass is 15.0. The van der Waals surface area contributed by atoms with E-state index in [0.29, 0.717) is 0 Å². The zero-order valence-corrected chi connectivity index (χ0v) is 13.1. The first-order valence-corrected chi connectivity index (χ1v) is 7.87. The fraction of sp³-hybridized carbons (Fsp3) is 0.0952. The predicted octanol–water partition coefficient (Wildman–Crippen LogP) is 5.06. The van der Waals surface area contributed by atoms with Gasteiger partial charge in [-0.2, -0.15) is 0 Å². The van der Waals surface area contributed by atoms with Crippen LogP contribution in [0.1, 0.15) is 11.3 Å². The fourth-order valence-electron chi connectivity index (χ4n) is 3.26. The van der Waals surface area contributed by atoms with Gasteiger partial charge in [0, 0.05) is 29.4 Å². The van der Waals surface area contributed by atoms with Gasteiger partial charge in [0.15, 0.2) is 0 Å². The molecule has 0 amide bonds. The summed E-state index contributed by atoms with van der Waals surface area (Å²) in [5, 5.41) is 1.26. The van der Waals surface area contributed by atoms with Crippen molar-refractivity contribution >= 4 is 10.9 Å². The van der Waals surface area contributed by atoms with E-state index in [4.69, 9.17) is 0 Å². The van der Waals surface area contributed by atoms with Crippen molar-refractivity contribution in [2.45, 2.75) is 13.5 Å². The molecule has 23 heavy (non-hydrogen) atoms. The van der Waals surface area contributed by atoms with Crippen LogP contribution in [0.4, 0.5) is 0 Å². The van der Waals surface area contributed by atoms with E-state index in [9.17, 15) is 0 Å². The number of rotatable bonds is 3. The number of nitrogens with zero attached hydrogens (tertiary/aromatic N) is 2. The molecule has 0 saturated carbocycles. The minimum Gasteiger partial charge on any atom is -0.339 e. The van der Waals surface area contributed by atoms with Gasteiger partial charge < -0.3 is 4.57 Å². The van der Waals surface area contributed by atoms with Crippen LogP contribution < -0.4 is 0 Å². The molecule has 0 radical (unpaired) electrons. The molecule has 4 aromatic rings. The Kier molecular flexibility index (Phi) is 3.43.